The van der Waals surface area contributed by atoms with Crippen LogP contribution in [0, 0.1) is 0 Å². The summed E-state index contributed by atoms with van der Waals surface area (Å²) < 4.78 is 5.78. The van der Waals surface area contributed by atoms with E-state index >= 15 is 0 Å². The SMILES string of the molecule is CCOc1ccccc1N1CCNC2(CCCC2)C1. The average molecular weight is 260 g/mol. The predicted molar refractivity (Wildman–Crippen MR) is 79.0 cm³/mol. The van der Waals surface area contributed by atoms with E-state index in [1.165, 1.54) is 31.4 Å². The molecule has 1 heterocycles. The molecule has 1 spiro atoms. The van der Waals surface area contributed by atoms with Crippen LogP contribution in [0.15, 0.2) is 24.3 Å². The first-order chi connectivity index (χ1) is 9.33. The van der Waals surface area contributed by atoms with Crippen LogP contribution in [-0.2, 0) is 0 Å². The molecule has 1 aromatic rings. The van der Waals surface area contributed by atoms with E-state index < -0.39 is 0 Å². The van der Waals surface area contributed by atoms with E-state index in [1.54, 1.807) is 0 Å². The summed E-state index contributed by atoms with van der Waals surface area (Å²) in [4.78, 5) is 2.51. The van der Waals surface area contributed by atoms with Crippen molar-refractivity contribution in [3.05, 3.63) is 24.3 Å². The Hall–Kier alpha value is -1.22. The molecule has 2 aliphatic rings. The van der Waals surface area contributed by atoms with Crippen molar-refractivity contribution in [1.82, 2.24) is 5.32 Å². The molecule has 1 N–H and O–H groups in total. The monoisotopic (exact) mass is 260 g/mol. The number of piperazine rings is 1. The number of hydrogen-bond acceptors (Lipinski definition) is 3. The first-order valence-corrected chi connectivity index (χ1v) is 7.55. The lowest BCUT2D eigenvalue weighted by Crippen LogP contribution is -2.59. The lowest BCUT2D eigenvalue weighted by Gasteiger charge is -2.43. The topological polar surface area (TPSA) is 24.5 Å². The molecule has 0 radical (unpaired) electrons. The van der Waals surface area contributed by atoms with Gasteiger partial charge in [0.2, 0.25) is 0 Å². The van der Waals surface area contributed by atoms with E-state index in [-0.39, 0.29) is 0 Å². The van der Waals surface area contributed by atoms with Crippen molar-refractivity contribution in [3.8, 4) is 5.75 Å². The van der Waals surface area contributed by atoms with Crippen LogP contribution in [0.2, 0.25) is 0 Å². The van der Waals surface area contributed by atoms with Gasteiger partial charge in [0, 0.05) is 25.2 Å². The Balaban J connectivity index is 1.81. The molecule has 2 fully saturated rings. The Morgan fingerprint density at radius 1 is 1.26 bits per heavy atom. The minimum atomic E-state index is 0.359. The van der Waals surface area contributed by atoms with Gasteiger partial charge in [0.25, 0.3) is 0 Å². The quantitative estimate of drug-likeness (QED) is 0.904. The minimum absolute atomic E-state index is 0.359. The van der Waals surface area contributed by atoms with Crippen LogP contribution in [0.25, 0.3) is 0 Å². The van der Waals surface area contributed by atoms with E-state index in [2.05, 4.69) is 34.5 Å². The van der Waals surface area contributed by atoms with Gasteiger partial charge in [-0.25, -0.2) is 0 Å². The number of hydrogen-bond donors (Lipinski definition) is 1. The number of benzene rings is 1. The summed E-state index contributed by atoms with van der Waals surface area (Å²) >= 11 is 0. The highest BCUT2D eigenvalue weighted by atomic mass is 16.5. The van der Waals surface area contributed by atoms with Crippen LogP contribution in [0.3, 0.4) is 0 Å². The van der Waals surface area contributed by atoms with Crippen LogP contribution in [0.1, 0.15) is 32.6 Å². The Morgan fingerprint density at radius 2 is 2.05 bits per heavy atom. The highest BCUT2D eigenvalue weighted by Crippen LogP contribution is 2.36. The molecule has 0 aromatic heterocycles. The number of rotatable bonds is 3. The fourth-order valence-corrected chi connectivity index (χ4v) is 3.54. The van der Waals surface area contributed by atoms with E-state index in [0.29, 0.717) is 5.54 Å². The van der Waals surface area contributed by atoms with E-state index in [0.717, 1.165) is 32.0 Å². The standard InChI is InChI=1S/C16H24N2O/c1-2-19-15-8-4-3-7-14(15)18-12-11-17-16(13-18)9-5-6-10-16/h3-4,7-8,17H,2,5-6,9-13H2,1H3. The van der Waals surface area contributed by atoms with Crippen LogP contribution >= 0.6 is 0 Å². The highest BCUT2D eigenvalue weighted by Gasteiger charge is 2.38. The second kappa shape index (κ2) is 5.41. The second-order valence-electron chi connectivity index (χ2n) is 5.74. The van der Waals surface area contributed by atoms with Crippen molar-refractivity contribution >= 4 is 5.69 Å². The Bertz CT molecular complexity index is 427. The van der Waals surface area contributed by atoms with Crippen molar-refractivity contribution in [2.75, 3.05) is 31.1 Å². The number of nitrogens with zero attached hydrogens (tertiary/aromatic N) is 1. The Kier molecular flexibility index (Phi) is 3.65. The minimum Gasteiger partial charge on any atom is -0.492 e. The van der Waals surface area contributed by atoms with Crippen molar-refractivity contribution < 1.29 is 4.74 Å². The molecule has 0 amide bonds. The maximum Gasteiger partial charge on any atom is 0.142 e. The number of para-hydroxylation sites is 2. The normalized spacial score (nSPS) is 21.8. The van der Waals surface area contributed by atoms with E-state index in [1.807, 2.05) is 6.92 Å². The average Bonchev–Trinajstić information content (AvgIpc) is 2.88. The molecule has 19 heavy (non-hydrogen) atoms. The van der Waals surface area contributed by atoms with Gasteiger partial charge in [-0.3, -0.25) is 0 Å². The van der Waals surface area contributed by atoms with Crippen molar-refractivity contribution in [1.29, 1.82) is 0 Å². The smallest absolute Gasteiger partial charge is 0.142 e. The first kappa shape index (κ1) is 12.8. The van der Waals surface area contributed by atoms with Gasteiger partial charge >= 0.3 is 0 Å². The summed E-state index contributed by atoms with van der Waals surface area (Å²) in [6.07, 6.45) is 5.38. The van der Waals surface area contributed by atoms with E-state index in [9.17, 15) is 0 Å². The third-order valence-electron chi connectivity index (χ3n) is 4.44. The lowest BCUT2D eigenvalue weighted by atomic mass is 9.94. The first-order valence-electron chi connectivity index (χ1n) is 7.55. The zero-order valence-corrected chi connectivity index (χ0v) is 11.8. The van der Waals surface area contributed by atoms with Gasteiger partial charge in [-0.2, -0.15) is 0 Å². The van der Waals surface area contributed by atoms with Gasteiger partial charge in [-0.1, -0.05) is 25.0 Å². The zero-order valence-electron chi connectivity index (χ0n) is 11.8. The van der Waals surface area contributed by atoms with Gasteiger partial charge in [-0.05, 0) is 31.9 Å². The number of nitrogens with one attached hydrogen (secondary N) is 1. The van der Waals surface area contributed by atoms with Gasteiger partial charge in [0.15, 0.2) is 0 Å². The summed E-state index contributed by atoms with van der Waals surface area (Å²) in [7, 11) is 0. The van der Waals surface area contributed by atoms with Crippen LogP contribution in [0.4, 0.5) is 5.69 Å². The summed E-state index contributed by atoms with van der Waals surface area (Å²) in [5.41, 5.74) is 1.62. The lowest BCUT2D eigenvalue weighted by molar-refractivity contribution is 0.299. The maximum absolute atomic E-state index is 5.78. The van der Waals surface area contributed by atoms with Crippen LogP contribution in [-0.4, -0.2) is 31.8 Å². The summed E-state index contributed by atoms with van der Waals surface area (Å²) in [6, 6.07) is 8.45. The van der Waals surface area contributed by atoms with Crippen molar-refractivity contribution in [2.24, 2.45) is 0 Å². The molecule has 1 aliphatic carbocycles. The Labute approximate surface area is 115 Å². The third kappa shape index (κ3) is 2.57. The van der Waals surface area contributed by atoms with Gasteiger partial charge < -0.3 is 15.0 Å². The van der Waals surface area contributed by atoms with Gasteiger partial charge in [-0.15, -0.1) is 0 Å². The zero-order chi connectivity index (χ0) is 13.1. The largest absolute Gasteiger partial charge is 0.492 e. The molecule has 1 saturated heterocycles. The van der Waals surface area contributed by atoms with E-state index in [4.69, 9.17) is 4.74 Å². The molecule has 3 nitrogen and oxygen atoms in total. The molecule has 1 saturated carbocycles. The molecule has 3 rings (SSSR count). The number of ether oxygens (including phenoxy) is 1. The fraction of sp³-hybridized carbons (Fsp3) is 0.625. The molecular weight excluding hydrogens is 236 g/mol. The van der Waals surface area contributed by atoms with Crippen LogP contribution in [0.5, 0.6) is 5.75 Å². The molecule has 1 aromatic carbocycles. The van der Waals surface area contributed by atoms with Crippen molar-refractivity contribution in [2.45, 2.75) is 38.1 Å². The van der Waals surface area contributed by atoms with Crippen molar-refractivity contribution in [3.63, 3.8) is 0 Å². The molecule has 0 unspecified atom stereocenters. The van der Waals surface area contributed by atoms with Gasteiger partial charge in [0.1, 0.15) is 5.75 Å². The molecule has 0 bridgehead atoms. The summed E-state index contributed by atoms with van der Waals surface area (Å²) in [5, 5.41) is 3.76. The summed E-state index contributed by atoms with van der Waals surface area (Å²) in [6.45, 7) is 6.06. The number of anilines is 1. The second-order valence-corrected chi connectivity index (χ2v) is 5.74. The molecule has 104 valence electrons. The van der Waals surface area contributed by atoms with Crippen LogP contribution < -0.4 is 15.0 Å². The fourth-order valence-electron chi connectivity index (χ4n) is 3.54. The Morgan fingerprint density at radius 3 is 2.84 bits per heavy atom. The highest BCUT2D eigenvalue weighted by molar-refractivity contribution is 5.59. The predicted octanol–water partition coefficient (Wildman–Crippen LogP) is 2.81. The molecule has 1 aliphatic heterocycles. The molecular formula is C16H24N2O. The summed E-state index contributed by atoms with van der Waals surface area (Å²) in [5.74, 6) is 1.03. The molecule has 0 atom stereocenters. The molecule has 3 heteroatoms. The third-order valence-corrected chi connectivity index (χ3v) is 4.44. The maximum atomic E-state index is 5.78. The van der Waals surface area contributed by atoms with Gasteiger partial charge in [0.05, 0.1) is 12.3 Å².